The lowest BCUT2D eigenvalue weighted by Gasteiger charge is -2.04. The van der Waals surface area contributed by atoms with E-state index in [0.29, 0.717) is 5.82 Å². The molecule has 2 aromatic heterocycles. The van der Waals surface area contributed by atoms with Crippen molar-refractivity contribution >= 4 is 11.7 Å². The number of aryl methyl sites for hydroxylation is 2. The van der Waals surface area contributed by atoms with Crippen LogP contribution in [0.25, 0.3) is 0 Å². The number of benzene rings is 1. The number of amides is 1. The highest BCUT2D eigenvalue weighted by atomic mass is 16.5. The molecule has 3 aromatic rings. The van der Waals surface area contributed by atoms with Crippen molar-refractivity contribution in [2.24, 2.45) is 0 Å². The molecule has 1 aromatic carbocycles. The number of pyridine rings is 1. The van der Waals surface area contributed by atoms with Crippen molar-refractivity contribution in [1.29, 1.82) is 0 Å². The van der Waals surface area contributed by atoms with Crippen LogP contribution in [-0.4, -0.2) is 28.2 Å². The fourth-order valence-electron chi connectivity index (χ4n) is 2.54. The third-order valence-electron chi connectivity index (χ3n) is 3.83. The third kappa shape index (κ3) is 4.91. The van der Waals surface area contributed by atoms with Gasteiger partial charge in [0.25, 0.3) is 0 Å². The average molecular weight is 336 g/mol. The first-order valence-corrected chi connectivity index (χ1v) is 8.09. The lowest BCUT2D eigenvalue weighted by Crippen LogP contribution is -2.14. The molecule has 0 aliphatic rings. The number of aromatic nitrogens is 3. The molecule has 0 bridgehead atoms. The SMILES string of the molecule is COc1cccc(CC(=O)Nc2cc(CCc3ccncc3)[nH]n2)c1. The van der Waals surface area contributed by atoms with E-state index in [4.69, 9.17) is 4.74 Å². The van der Waals surface area contributed by atoms with E-state index >= 15 is 0 Å². The number of hydrogen-bond acceptors (Lipinski definition) is 4. The van der Waals surface area contributed by atoms with E-state index < -0.39 is 0 Å². The van der Waals surface area contributed by atoms with E-state index in [9.17, 15) is 4.79 Å². The number of carbonyl (C=O) groups excluding carboxylic acids is 1. The molecule has 0 saturated heterocycles. The van der Waals surface area contributed by atoms with Crippen LogP contribution in [-0.2, 0) is 24.1 Å². The zero-order valence-electron chi connectivity index (χ0n) is 14.0. The number of aromatic amines is 1. The molecular formula is C19H20N4O2. The molecule has 0 aliphatic heterocycles. The van der Waals surface area contributed by atoms with Gasteiger partial charge in [-0.25, -0.2) is 0 Å². The molecule has 0 atom stereocenters. The fraction of sp³-hybridized carbons (Fsp3) is 0.211. The second kappa shape index (κ2) is 8.10. The topological polar surface area (TPSA) is 79.9 Å². The summed E-state index contributed by atoms with van der Waals surface area (Å²) in [6.07, 6.45) is 5.56. The number of ether oxygens (including phenoxy) is 1. The van der Waals surface area contributed by atoms with Crippen LogP contribution in [0, 0.1) is 0 Å². The Kier molecular flexibility index (Phi) is 5.41. The van der Waals surface area contributed by atoms with E-state index in [-0.39, 0.29) is 12.3 Å². The van der Waals surface area contributed by atoms with Crippen molar-refractivity contribution in [2.45, 2.75) is 19.3 Å². The molecule has 0 fully saturated rings. The van der Waals surface area contributed by atoms with Crippen molar-refractivity contribution < 1.29 is 9.53 Å². The van der Waals surface area contributed by atoms with Gasteiger partial charge in [0.05, 0.1) is 13.5 Å². The summed E-state index contributed by atoms with van der Waals surface area (Å²) in [5.41, 5.74) is 3.09. The molecule has 2 N–H and O–H groups in total. The number of hydrogen-bond donors (Lipinski definition) is 2. The minimum Gasteiger partial charge on any atom is -0.497 e. The monoisotopic (exact) mass is 336 g/mol. The van der Waals surface area contributed by atoms with Gasteiger partial charge in [0, 0.05) is 24.2 Å². The quantitative estimate of drug-likeness (QED) is 0.695. The highest BCUT2D eigenvalue weighted by Gasteiger charge is 2.08. The van der Waals surface area contributed by atoms with Crippen LogP contribution in [0.2, 0.25) is 0 Å². The Bertz CT molecular complexity index is 830. The number of nitrogens with zero attached hydrogens (tertiary/aromatic N) is 2. The Hall–Kier alpha value is -3.15. The number of nitrogens with one attached hydrogen (secondary N) is 2. The molecule has 1 amide bonds. The van der Waals surface area contributed by atoms with Crippen LogP contribution in [0.4, 0.5) is 5.82 Å². The number of carbonyl (C=O) groups is 1. The maximum absolute atomic E-state index is 12.2. The third-order valence-corrected chi connectivity index (χ3v) is 3.83. The van der Waals surface area contributed by atoms with Gasteiger partial charge in [-0.05, 0) is 48.2 Å². The molecule has 6 heteroatoms. The second-order valence-electron chi connectivity index (χ2n) is 5.71. The number of rotatable bonds is 7. The Labute approximate surface area is 146 Å². The molecule has 0 unspecified atom stereocenters. The summed E-state index contributed by atoms with van der Waals surface area (Å²) in [4.78, 5) is 16.2. The number of anilines is 1. The molecule has 3 rings (SSSR count). The molecule has 0 aliphatic carbocycles. The Morgan fingerprint density at radius 1 is 1.12 bits per heavy atom. The van der Waals surface area contributed by atoms with Crippen LogP contribution in [0.3, 0.4) is 0 Å². The summed E-state index contributed by atoms with van der Waals surface area (Å²) >= 11 is 0. The minimum absolute atomic E-state index is 0.111. The van der Waals surface area contributed by atoms with Crippen molar-refractivity contribution in [3.63, 3.8) is 0 Å². The summed E-state index contributed by atoms with van der Waals surface area (Å²) in [7, 11) is 1.61. The fourth-order valence-corrected chi connectivity index (χ4v) is 2.54. The van der Waals surface area contributed by atoms with Gasteiger partial charge in [0.2, 0.25) is 5.91 Å². The van der Waals surface area contributed by atoms with Gasteiger partial charge >= 0.3 is 0 Å². The summed E-state index contributed by atoms with van der Waals surface area (Å²) in [5.74, 6) is 1.17. The van der Waals surface area contributed by atoms with Gasteiger partial charge in [-0.15, -0.1) is 0 Å². The van der Waals surface area contributed by atoms with Gasteiger partial charge in [0.15, 0.2) is 5.82 Å². The molecule has 0 spiro atoms. The smallest absolute Gasteiger partial charge is 0.229 e. The average Bonchev–Trinajstić information content (AvgIpc) is 3.08. The van der Waals surface area contributed by atoms with Crippen LogP contribution >= 0.6 is 0 Å². The first-order chi connectivity index (χ1) is 12.2. The van der Waals surface area contributed by atoms with E-state index in [2.05, 4.69) is 20.5 Å². The molecule has 2 heterocycles. The summed E-state index contributed by atoms with van der Waals surface area (Å²) < 4.78 is 5.17. The lowest BCUT2D eigenvalue weighted by molar-refractivity contribution is -0.115. The van der Waals surface area contributed by atoms with Gasteiger partial charge in [-0.3, -0.25) is 14.9 Å². The molecule has 0 saturated carbocycles. The van der Waals surface area contributed by atoms with Gasteiger partial charge < -0.3 is 10.1 Å². The van der Waals surface area contributed by atoms with Gasteiger partial charge in [0.1, 0.15) is 5.75 Å². The number of methoxy groups -OCH3 is 1. The standard InChI is InChI=1S/C19H20N4O2/c1-25-17-4-2-3-15(11-17)12-19(24)21-18-13-16(22-23-18)6-5-14-7-9-20-10-8-14/h2-4,7-11,13H,5-6,12H2,1H3,(H2,21,22,23,24). The van der Waals surface area contributed by atoms with Crippen molar-refractivity contribution in [3.8, 4) is 5.75 Å². The first kappa shape index (κ1) is 16.7. The predicted molar refractivity (Wildman–Crippen MR) is 95.6 cm³/mol. The molecule has 0 radical (unpaired) electrons. The Morgan fingerprint density at radius 3 is 2.76 bits per heavy atom. The summed E-state index contributed by atoms with van der Waals surface area (Å²) in [6, 6.07) is 13.3. The normalized spacial score (nSPS) is 10.4. The van der Waals surface area contributed by atoms with Crippen molar-refractivity contribution in [2.75, 3.05) is 12.4 Å². The first-order valence-electron chi connectivity index (χ1n) is 8.09. The maximum atomic E-state index is 12.2. The molecule has 6 nitrogen and oxygen atoms in total. The highest BCUT2D eigenvalue weighted by molar-refractivity contribution is 5.91. The largest absolute Gasteiger partial charge is 0.497 e. The van der Waals surface area contributed by atoms with E-state index in [0.717, 1.165) is 29.8 Å². The Balaban J connectivity index is 1.52. The van der Waals surface area contributed by atoms with Crippen LogP contribution < -0.4 is 10.1 Å². The van der Waals surface area contributed by atoms with Crippen molar-refractivity contribution in [3.05, 3.63) is 71.7 Å². The van der Waals surface area contributed by atoms with Gasteiger partial charge in [-0.1, -0.05) is 12.1 Å². The molecule has 128 valence electrons. The van der Waals surface area contributed by atoms with Crippen LogP contribution in [0.5, 0.6) is 5.75 Å². The molecular weight excluding hydrogens is 316 g/mol. The van der Waals surface area contributed by atoms with Crippen LogP contribution in [0.15, 0.2) is 54.9 Å². The predicted octanol–water partition coefficient (Wildman–Crippen LogP) is 2.78. The van der Waals surface area contributed by atoms with E-state index in [1.807, 2.05) is 42.5 Å². The van der Waals surface area contributed by atoms with E-state index in [1.165, 1.54) is 5.56 Å². The molecule has 25 heavy (non-hydrogen) atoms. The van der Waals surface area contributed by atoms with Crippen LogP contribution in [0.1, 0.15) is 16.8 Å². The Morgan fingerprint density at radius 2 is 1.96 bits per heavy atom. The van der Waals surface area contributed by atoms with Gasteiger partial charge in [-0.2, -0.15) is 5.10 Å². The number of H-pyrrole nitrogens is 1. The lowest BCUT2D eigenvalue weighted by atomic mass is 10.1. The second-order valence-corrected chi connectivity index (χ2v) is 5.71. The minimum atomic E-state index is -0.111. The zero-order valence-corrected chi connectivity index (χ0v) is 14.0. The van der Waals surface area contributed by atoms with E-state index in [1.54, 1.807) is 19.5 Å². The maximum Gasteiger partial charge on any atom is 0.229 e. The zero-order chi connectivity index (χ0) is 17.5. The summed E-state index contributed by atoms with van der Waals surface area (Å²) in [5, 5.41) is 9.93. The summed E-state index contributed by atoms with van der Waals surface area (Å²) in [6.45, 7) is 0. The van der Waals surface area contributed by atoms with Crippen molar-refractivity contribution in [1.82, 2.24) is 15.2 Å². The highest BCUT2D eigenvalue weighted by Crippen LogP contribution is 2.14.